The van der Waals surface area contributed by atoms with Gasteiger partial charge in [-0.1, -0.05) is 18.2 Å². The van der Waals surface area contributed by atoms with E-state index in [0.29, 0.717) is 37.7 Å². The summed E-state index contributed by atoms with van der Waals surface area (Å²) in [6.07, 6.45) is -0.0593. The highest BCUT2D eigenvalue weighted by atomic mass is 16.7. The molecule has 1 aliphatic rings. The van der Waals surface area contributed by atoms with Crippen molar-refractivity contribution in [2.75, 3.05) is 18.9 Å². The van der Waals surface area contributed by atoms with Crippen LogP contribution in [-0.4, -0.2) is 39.6 Å². The van der Waals surface area contributed by atoms with Crippen molar-refractivity contribution < 1.29 is 14.2 Å². The summed E-state index contributed by atoms with van der Waals surface area (Å²) in [6.45, 7) is 8.02. The molecule has 0 spiro atoms. The maximum absolute atomic E-state index is 6.20. The third-order valence-corrected chi connectivity index (χ3v) is 4.58. The molecule has 1 aliphatic heterocycles. The average Bonchev–Trinajstić information content (AvgIpc) is 3.14. The molecule has 3 aromatic rings. The third-order valence-electron chi connectivity index (χ3n) is 4.58. The molecule has 0 radical (unpaired) electrons. The number of pyridine rings is 1. The summed E-state index contributed by atoms with van der Waals surface area (Å²) < 4.78 is 19.5. The monoisotopic (exact) mass is 356 g/mol. The number of fused-ring (bicyclic) bond motifs is 3. The predicted octanol–water partition coefficient (Wildman–Crippen LogP) is 2.85. The van der Waals surface area contributed by atoms with E-state index in [2.05, 4.69) is 9.55 Å². The molecule has 0 unspecified atom stereocenters. The molecular weight excluding hydrogens is 332 g/mol. The summed E-state index contributed by atoms with van der Waals surface area (Å²) in [6, 6.07) is 7.96. The molecule has 1 aromatic carbocycles. The number of nitrogen functional groups attached to an aromatic ring is 1. The second-order valence-corrected chi connectivity index (χ2v) is 6.94. The summed E-state index contributed by atoms with van der Waals surface area (Å²) in [5, 5.41) is 1.02. The molecule has 7 heteroatoms. The van der Waals surface area contributed by atoms with Crippen LogP contribution in [0.25, 0.3) is 21.9 Å². The van der Waals surface area contributed by atoms with Crippen molar-refractivity contribution in [1.82, 2.24) is 14.5 Å². The fraction of sp³-hybridized carbons (Fsp3) is 0.474. The number of aromatic nitrogens is 3. The summed E-state index contributed by atoms with van der Waals surface area (Å²) in [5.41, 5.74) is 8.73. The van der Waals surface area contributed by atoms with Crippen molar-refractivity contribution in [2.45, 2.75) is 45.8 Å². The van der Waals surface area contributed by atoms with Gasteiger partial charge in [0.2, 0.25) is 0 Å². The molecule has 7 nitrogen and oxygen atoms in total. The SMILES string of the molecule is CCOCc1nc2c(N)nc3ccccc3c2n1C[C@@H]1COC(C)(C)O1. The Kier molecular flexibility index (Phi) is 4.30. The van der Waals surface area contributed by atoms with Gasteiger partial charge in [-0.25, -0.2) is 9.97 Å². The molecule has 1 saturated heterocycles. The van der Waals surface area contributed by atoms with Crippen molar-refractivity contribution in [3.05, 3.63) is 30.1 Å². The lowest BCUT2D eigenvalue weighted by molar-refractivity contribution is -0.139. The van der Waals surface area contributed by atoms with Crippen LogP contribution in [0.1, 0.15) is 26.6 Å². The van der Waals surface area contributed by atoms with Gasteiger partial charge in [0.1, 0.15) is 24.1 Å². The first kappa shape index (κ1) is 17.2. The number of para-hydroxylation sites is 1. The van der Waals surface area contributed by atoms with Gasteiger partial charge in [0.05, 0.1) is 24.2 Å². The Morgan fingerprint density at radius 2 is 2.12 bits per heavy atom. The van der Waals surface area contributed by atoms with E-state index in [-0.39, 0.29) is 6.10 Å². The average molecular weight is 356 g/mol. The Labute approximate surface area is 152 Å². The number of hydrogen-bond acceptors (Lipinski definition) is 6. The third kappa shape index (κ3) is 3.02. The lowest BCUT2D eigenvalue weighted by Gasteiger charge is -2.18. The predicted molar refractivity (Wildman–Crippen MR) is 99.7 cm³/mol. The molecule has 1 fully saturated rings. The van der Waals surface area contributed by atoms with Crippen LogP contribution in [0.5, 0.6) is 0 Å². The molecule has 0 bridgehead atoms. The van der Waals surface area contributed by atoms with Crippen molar-refractivity contribution in [1.29, 1.82) is 0 Å². The fourth-order valence-corrected chi connectivity index (χ4v) is 3.46. The molecule has 0 aliphatic carbocycles. The molecule has 1 atom stereocenters. The highest BCUT2D eigenvalue weighted by Crippen LogP contribution is 2.31. The van der Waals surface area contributed by atoms with E-state index in [1.807, 2.05) is 45.0 Å². The number of nitrogens with zero attached hydrogens (tertiary/aromatic N) is 3. The maximum Gasteiger partial charge on any atom is 0.163 e. The van der Waals surface area contributed by atoms with Crippen molar-refractivity contribution >= 4 is 27.8 Å². The van der Waals surface area contributed by atoms with Gasteiger partial charge in [-0.3, -0.25) is 0 Å². The first-order valence-electron chi connectivity index (χ1n) is 8.91. The van der Waals surface area contributed by atoms with Crippen LogP contribution in [-0.2, 0) is 27.4 Å². The molecule has 3 heterocycles. The minimum absolute atomic E-state index is 0.0593. The number of imidazole rings is 1. The van der Waals surface area contributed by atoms with E-state index in [9.17, 15) is 0 Å². The van der Waals surface area contributed by atoms with Gasteiger partial charge in [-0.2, -0.15) is 0 Å². The minimum Gasteiger partial charge on any atom is -0.382 e. The largest absolute Gasteiger partial charge is 0.382 e. The molecule has 2 aromatic heterocycles. The van der Waals surface area contributed by atoms with Gasteiger partial charge >= 0.3 is 0 Å². The van der Waals surface area contributed by atoms with E-state index in [1.54, 1.807) is 0 Å². The quantitative estimate of drug-likeness (QED) is 0.757. The van der Waals surface area contributed by atoms with Gasteiger partial charge in [0.15, 0.2) is 11.6 Å². The van der Waals surface area contributed by atoms with E-state index in [1.165, 1.54) is 0 Å². The summed E-state index contributed by atoms with van der Waals surface area (Å²) in [7, 11) is 0. The minimum atomic E-state index is -0.566. The first-order chi connectivity index (χ1) is 12.5. The lowest BCUT2D eigenvalue weighted by Crippen LogP contribution is -2.25. The van der Waals surface area contributed by atoms with Crippen molar-refractivity contribution in [3.8, 4) is 0 Å². The molecular formula is C19H24N4O3. The van der Waals surface area contributed by atoms with Crippen LogP contribution in [0, 0.1) is 0 Å². The Morgan fingerprint density at radius 1 is 1.31 bits per heavy atom. The molecule has 4 rings (SSSR count). The van der Waals surface area contributed by atoms with Gasteiger partial charge < -0.3 is 24.5 Å². The summed E-state index contributed by atoms with van der Waals surface area (Å²) in [5.74, 6) is 0.684. The fourth-order valence-electron chi connectivity index (χ4n) is 3.46. The van der Waals surface area contributed by atoms with Crippen LogP contribution < -0.4 is 5.73 Å². The van der Waals surface area contributed by atoms with E-state index >= 15 is 0 Å². The zero-order valence-electron chi connectivity index (χ0n) is 15.4. The standard InChI is InChI=1S/C19H24N4O3/c1-4-24-11-15-22-16-17(13-7-5-6-8-14(13)21-18(16)20)23(15)9-12-10-25-19(2,3)26-12/h5-8,12H,4,9-11H2,1-3H3,(H2,20,21)/t12-/m1/s1. The number of ether oxygens (including phenoxy) is 3. The lowest BCUT2D eigenvalue weighted by atomic mass is 10.2. The van der Waals surface area contributed by atoms with Gasteiger partial charge in [-0.05, 0) is 26.8 Å². The summed E-state index contributed by atoms with van der Waals surface area (Å²) >= 11 is 0. The Balaban J connectivity index is 1.86. The molecule has 2 N–H and O–H groups in total. The van der Waals surface area contributed by atoms with Gasteiger partial charge in [-0.15, -0.1) is 0 Å². The first-order valence-corrected chi connectivity index (χ1v) is 8.91. The van der Waals surface area contributed by atoms with E-state index < -0.39 is 5.79 Å². The van der Waals surface area contributed by atoms with Gasteiger partial charge in [0, 0.05) is 12.0 Å². The molecule has 138 valence electrons. The number of rotatable bonds is 5. The van der Waals surface area contributed by atoms with Crippen LogP contribution in [0.2, 0.25) is 0 Å². The zero-order valence-corrected chi connectivity index (χ0v) is 15.4. The molecule has 26 heavy (non-hydrogen) atoms. The van der Waals surface area contributed by atoms with Crippen LogP contribution in [0.3, 0.4) is 0 Å². The highest BCUT2D eigenvalue weighted by Gasteiger charge is 2.33. The number of benzene rings is 1. The summed E-state index contributed by atoms with van der Waals surface area (Å²) in [4.78, 5) is 9.23. The number of anilines is 1. The number of hydrogen-bond donors (Lipinski definition) is 1. The van der Waals surface area contributed by atoms with Crippen molar-refractivity contribution in [2.24, 2.45) is 0 Å². The van der Waals surface area contributed by atoms with Crippen LogP contribution >= 0.6 is 0 Å². The Morgan fingerprint density at radius 3 is 2.85 bits per heavy atom. The maximum atomic E-state index is 6.20. The van der Waals surface area contributed by atoms with Crippen LogP contribution in [0.4, 0.5) is 5.82 Å². The zero-order chi connectivity index (χ0) is 18.3. The van der Waals surface area contributed by atoms with Gasteiger partial charge in [0.25, 0.3) is 0 Å². The normalized spacial score (nSPS) is 19.6. The Bertz CT molecular complexity index is 951. The second-order valence-electron chi connectivity index (χ2n) is 6.94. The van der Waals surface area contributed by atoms with E-state index in [0.717, 1.165) is 22.2 Å². The van der Waals surface area contributed by atoms with Crippen LogP contribution in [0.15, 0.2) is 24.3 Å². The highest BCUT2D eigenvalue weighted by molar-refractivity contribution is 6.06. The van der Waals surface area contributed by atoms with Crippen molar-refractivity contribution in [3.63, 3.8) is 0 Å². The number of nitrogens with two attached hydrogens (primary N) is 1. The molecule has 0 amide bonds. The second kappa shape index (κ2) is 6.50. The van der Waals surface area contributed by atoms with E-state index in [4.69, 9.17) is 24.9 Å². The smallest absolute Gasteiger partial charge is 0.163 e. The molecule has 0 saturated carbocycles. The Hall–Kier alpha value is -2.22. The topological polar surface area (TPSA) is 84.4 Å².